The summed E-state index contributed by atoms with van der Waals surface area (Å²) >= 11 is 0. The van der Waals surface area contributed by atoms with E-state index in [2.05, 4.69) is 28.1 Å². The highest BCUT2D eigenvalue weighted by atomic mass is 16.5. The SMILES string of the molecule is COc1cncc(OCc2ccc(C#N)cc2)c1[C@@]1(O)CC(c2ccccc2)[C@@H](CN2CCCC2)[C@H]1O. The zero-order valence-electron chi connectivity index (χ0n) is 21.1. The number of aromatic nitrogens is 1. The fourth-order valence-corrected chi connectivity index (χ4v) is 5.94. The number of aliphatic hydroxyl groups excluding tert-OH is 1. The first-order chi connectivity index (χ1) is 18.0. The third-order valence-electron chi connectivity index (χ3n) is 7.84. The van der Waals surface area contributed by atoms with Gasteiger partial charge in [0.2, 0.25) is 0 Å². The van der Waals surface area contributed by atoms with E-state index in [1.54, 1.807) is 24.5 Å². The molecule has 0 radical (unpaired) electrons. The molecule has 1 aliphatic carbocycles. The van der Waals surface area contributed by atoms with Crippen molar-refractivity contribution in [1.29, 1.82) is 5.26 Å². The summed E-state index contributed by atoms with van der Waals surface area (Å²) in [5.74, 6) is 0.562. The molecule has 3 aromatic rings. The highest BCUT2D eigenvalue weighted by Gasteiger charge is 2.56. The van der Waals surface area contributed by atoms with Gasteiger partial charge in [-0.1, -0.05) is 42.5 Å². The number of nitriles is 1. The van der Waals surface area contributed by atoms with Crippen LogP contribution in [0.2, 0.25) is 0 Å². The number of nitrogens with zero attached hydrogens (tertiary/aromatic N) is 3. The van der Waals surface area contributed by atoms with Gasteiger partial charge in [0.05, 0.1) is 42.8 Å². The molecule has 2 aliphatic rings. The molecular formula is C30H33N3O4. The van der Waals surface area contributed by atoms with Crippen LogP contribution in [-0.2, 0) is 12.2 Å². The Bertz CT molecular complexity index is 1240. The van der Waals surface area contributed by atoms with E-state index in [1.807, 2.05) is 30.3 Å². The van der Waals surface area contributed by atoms with Crippen LogP contribution < -0.4 is 9.47 Å². The van der Waals surface area contributed by atoms with Crippen LogP contribution in [-0.4, -0.2) is 52.9 Å². The molecule has 1 saturated heterocycles. The second-order valence-corrected chi connectivity index (χ2v) is 10.1. The van der Waals surface area contributed by atoms with Crippen LogP contribution in [0, 0.1) is 17.2 Å². The summed E-state index contributed by atoms with van der Waals surface area (Å²) in [6.07, 6.45) is 4.76. The maximum atomic E-state index is 12.3. The Balaban J connectivity index is 1.49. The van der Waals surface area contributed by atoms with Gasteiger partial charge in [0, 0.05) is 12.5 Å². The van der Waals surface area contributed by atoms with E-state index in [9.17, 15) is 10.2 Å². The quantitative estimate of drug-likeness (QED) is 0.484. The van der Waals surface area contributed by atoms with Crippen LogP contribution in [0.15, 0.2) is 67.0 Å². The minimum absolute atomic E-state index is 0.0361. The van der Waals surface area contributed by atoms with Crippen molar-refractivity contribution in [2.24, 2.45) is 5.92 Å². The Kier molecular flexibility index (Phi) is 7.43. The molecule has 1 saturated carbocycles. The van der Waals surface area contributed by atoms with Gasteiger partial charge in [-0.25, -0.2) is 0 Å². The summed E-state index contributed by atoms with van der Waals surface area (Å²) in [5.41, 5.74) is 1.40. The zero-order valence-corrected chi connectivity index (χ0v) is 21.1. The Hall–Kier alpha value is -3.44. The van der Waals surface area contributed by atoms with Gasteiger partial charge in [0.25, 0.3) is 0 Å². The molecule has 2 N–H and O–H groups in total. The summed E-state index contributed by atoms with van der Waals surface area (Å²) in [5, 5.41) is 33.1. The fourth-order valence-electron chi connectivity index (χ4n) is 5.94. The number of hydrogen-bond donors (Lipinski definition) is 2. The normalized spacial score (nSPS) is 25.6. The lowest BCUT2D eigenvalue weighted by atomic mass is 9.87. The Morgan fingerprint density at radius 2 is 1.76 bits per heavy atom. The van der Waals surface area contributed by atoms with Crippen molar-refractivity contribution in [2.75, 3.05) is 26.7 Å². The van der Waals surface area contributed by atoms with E-state index in [0.29, 0.717) is 29.0 Å². The van der Waals surface area contributed by atoms with Crippen LogP contribution in [0.1, 0.15) is 47.4 Å². The minimum Gasteiger partial charge on any atom is -0.495 e. The standard InChI is InChI=1S/C30H33N3O4/c1-36-26-17-32-18-27(37-20-22-11-9-21(16-31)10-12-22)28(26)30(35)15-24(23-7-3-2-4-8-23)25(29(30)34)19-33-13-5-6-14-33/h2-4,7-12,17-18,24-25,29,34-35H,5-6,13-15,19-20H2,1H3/t24?,25-,29-,30+/m1/s1. The van der Waals surface area contributed by atoms with E-state index in [4.69, 9.17) is 14.7 Å². The van der Waals surface area contributed by atoms with Gasteiger partial charge < -0.3 is 24.6 Å². The number of benzene rings is 2. The highest BCUT2D eigenvalue weighted by Crippen LogP contribution is 2.54. The lowest BCUT2D eigenvalue weighted by Gasteiger charge is -2.32. The van der Waals surface area contributed by atoms with Crippen LogP contribution in [0.3, 0.4) is 0 Å². The zero-order chi connectivity index (χ0) is 25.8. The molecule has 5 rings (SSSR count). The summed E-state index contributed by atoms with van der Waals surface area (Å²) in [4.78, 5) is 6.66. The summed E-state index contributed by atoms with van der Waals surface area (Å²) in [7, 11) is 1.53. The number of methoxy groups -OCH3 is 1. The van der Waals surface area contributed by atoms with Crippen LogP contribution in [0.25, 0.3) is 0 Å². The molecule has 1 aromatic heterocycles. The van der Waals surface area contributed by atoms with E-state index in [-0.39, 0.29) is 18.4 Å². The first-order valence-corrected chi connectivity index (χ1v) is 12.9. The first-order valence-electron chi connectivity index (χ1n) is 12.9. The second kappa shape index (κ2) is 10.9. The van der Waals surface area contributed by atoms with Crippen molar-refractivity contribution >= 4 is 0 Å². The van der Waals surface area contributed by atoms with Crippen molar-refractivity contribution in [3.8, 4) is 17.6 Å². The number of likely N-dealkylation sites (tertiary alicyclic amines) is 1. The molecule has 37 heavy (non-hydrogen) atoms. The number of hydrogen-bond acceptors (Lipinski definition) is 7. The second-order valence-electron chi connectivity index (χ2n) is 10.1. The van der Waals surface area contributed by atoms with Gasteiger partial charge in [-0.05, 0) is 61.5 Å². The summed E-state index contributed by atoms with van der Waals surface area (Å²) in [6, 6.07) is 19.4. The highest BCUT2D eigenvalue weighted by molar-refractivity contribution is 5.49. The Labute approximate surface area is 217 Å². The molecule has 4 atom stereocenters. The maximum Gasteiger partial charge on any atom is 0.148 e. The number of aliphatic hydroxyl groups is 2. The smallest absolute Gasteiger partial charge is 0.148 e. The Morgan fingerprint density at radius 1 is 1.05 bits per heavy atom. The molecule has 0 bridgehead atoms. The fraction of sp³-hybridized carbons (Fsp3) is 0.400. The van der Waals surface area contributed by atoms with E-state index >= 15 is 0 Å². The van der Waals surface area contributed by atoms with Gasteiger partial charge >= 0.3 is 0 Å². The molecule has 2 aromatic carbocycles. The first kappa shape index (κ1) is 25.2. The third-order valence-corrected chi connectivity index (χ3v) is 7.84. The molecule has 7 nitrogen and oxygen atoms in total. The molecule has 192 valence electrons. The topological polar surface area (TPSA) is 98.8 Å². The predicted molar refractivity (Wildman–Crippen MR) is 139 cm³/mol. The largest absolute Gasteiger partial charge is 0.495 e. The van der Waals surface area contributed by atoms with Crippen molar-refractivity contribution < 1.29 is 19.7 Å². The van der Waals surface area contributed by atoms with Crippen molar-refractivity contribution in [1.82, 2.24) is 9.88 Å². The maximum absolute atomic E-state index is 12.3. The van der Waals surface area contributed by atoms with Crippen LogP contribution in [0.5, 0.6) is 11.5 Å². The number of rotatable bonds is 8. The minimum atomic E-state index is -1.58. The number of ether oxygens (including phenoxy) is 2. The molecule has 1 aliphatic heterocycles. The van der Waals surface area contributed by atoms with Gasteiger partial charge in [-0.3, -0.25) is 4.98 Å². The van der Waals surface area contributed by atoms with Crippen molar-refractivity contribution in [3.05, 3.63) is 89.2 Å². The number of pyridine rings is 1. The van der Waals surface area contributed by atoms with Gasteiger partial charge in [-0.2, -0.15) is 5.26 Å². The molecule has 7 heteroatoms. The molecule has 0 spiro atoms. The molecule has 2 heterocycles. The average Bonchev–Trinajstić information content (AvgIpc) is 3.55. The van der Waals surface area contributed by atoms with E-state index in [0.717, 1.165) is 43.6 Å². The van der Waals surface area contributed by atoms with Crippen LogP contribution >= 0.6 is 0 Å². The summed E-state index contributed by atoms with van der Waals surface area (Å²) < 4.78 is 11.8. The average molecular weight is 500 g/mol. The molecule has 1 unspecified atom stereocenters. The van der Waals surface area contributed by atoms with Crippen molar-refractivity contribution in [2.45, 2.75) is 43.5 Å². The van der Waals surface area contributed by atoms with Crippen LogP contribution in [0.4, 0.5) is 0 Å². The third kappa shape index (κ3) is 5.05. The summed E-state index contributed by atoms with van der Waals surface area (Å²) in [6.45, 7) is 2.97. The predicted octanol–water partition coefficient (Wildman–Crippen LogP) is 3.99. The molecular weight excluding hydrogens is 466 g/mol. The van der Waals surface area contributed by atoms with Gasteiger partial charge in [-0.15, -0.1) is 0 Å². The van der Waals surface area contributed by atoms with E-state index in [1.165, 1.54) is 7.11 Å². The van der Waals surface area contributed by atoms with Gasteiger partial charge in [0.15, 0.2) is 0 Å². The molecule has 2 fully saturated rings. The van der Waals surface area contributed by atoms with Gasteiger partial charge in [0.1, 0.15) is 23.7 Å². The monoisotopic (exact) mass is 499 g/mol. The van der Waals surface area contributed by atoms with E-state index < -0.39 is 11.7 Å². The Morgan fingerprint density at radius 3 is 2.43 bits per heavy atom. The van der Waals surface area contributed by atoms with Crippen molar-refractivity contribution in [3.63, 3.8) is 0 Å². The lowest BCUT2D eigenvalue weighted by molar-refractivity contribution is -0.0779. The lowest BCUT2D eigenvalue weighted by Crippen LogP contribution is -2.41. The molecule has 0 amide bonds.